The van der Waals surface area contributed by atoms with Crippen LogP contribution in [0.5, 0.6) is 0 Å². The second kappa shape index (κ2) is 9.59. The Bertz CT molecular complexity index is 1520. The second-order valence-corrected chi connectivity index (χ2v) is 11.0. The first-order valence-corrected chi connectivity index (χ1v) is 13.6. The Balaban J connectivity index is 1.06. The van der Waals surface area contributed by atoms with E-state index < -0.39 is 29.2 Å². The fourth-order valence-electron chi connectivity index (χ4n) is 6.67. The van der Waals surface area contributed by atoms with Gasteiger partial charge in [0, 0.05) is 42.9 Å². The van der Waals surface area contributed by atoms with Crippen molar-refractivity contribution in [1.82, 2.24) is 30.2 Å². The number of hydrogen-bond acceptors (Lipinski definition) is 8. The van der Waals surface area contributed by atoms with Gasteiger partial charge in [-0.3, -0.25) is 14.7 Å². The van der Waals surface area contributed by atoms with Gasteiger partial charge < -0.3 is 15.0 Å². The number of benzene rings is 1. The number of carbonyl (C=O) groups is 2. The second-order valence-electron chi connectivity index (χ2n) is 11.0. The summed E-state index contributed by atoms with van der Waals surface area (Å²) in [5.41, 5.74) is -0.284. The molecule has 2 unspecified atom stereocenters. The van der Waals surface area contributed by atoms with Crippen LogP contribution >= 0.6 is 0 Å². The number of rotatable bonds is 6. The van der Waals surface area contributed by atoms with Crippen LogP contribution in [0, 0.1) is 34.8 Å². The molecule has 1 aromatic carbocycles. The van der Waals surface area contributed by atoms with Crippen molar-refractivity contribution in [2.75, 3.05) is 31.1 Å². The zero-order valence-corrected chi connectivity index (χ0v) is 21.9. The molecule has 210 valence electrons. The maximum atomic E-state index is 15.3. The number of carbonyl (C=O) groups excluding carboxylic acids is 2. The topological polar surface area (TPSA) is 129 Å². The maximum Gasteiger partial charge on any atom is 0.414 e. The van der Waals surface area contributed by atoms with E-state index in [1.165, 1.54) is 22.0 Å². The van der Waals surface area contributed by atoms with Gasteiger partial charge in [0.25, 0.3) is 0 Å². The van der Waals surface area contributed by atoms with Crippen molar-refractivity contribution in [1.29, 1.82) is 5.26 Å². The number of aromatic nitrogens is 4. The Morgan fingerprint density at radius 2 is 1.98 bits per heavy atom. The van der Waals surface area contributed by atoms with E-state index in [0.29, 0.717) is 18.8 Å². The molecule has 5 heterocycles. The lowest BCUT2D eigenvalue weighted by Crippen LogP contribution is -2.44. The van der Waals surface area contributed by atoms with Crippen LogP contribution in [0.15, 0.2) is 42.9 Å². The lowest BCUT2D eigenvalue weighted by molar-refractivity contribution is -0.132. The molecule has 3 aliphatic heterocycles. The minimum absolute atomic E-state index is 0.0161. The zero-order valence-electron chi connectivity index (χ0n) is 21.9. The van der Waals surface area contributed by atoms with Crippen molar-refractivity contribution in [3.63, 3.8) is 0 Å². The number of fused-ring (bicyclic) bond motifs is 1. The zero-order chi connectivity index (χ0) is 28.3. The summed E-state index contributed by atoms with van der Waals surface area (Å²) in [6, 6.07) is 7.66. The van der Waals surface area contributed by atoms with Gasteiger partial charge in [-0.15, -0.1) is 5.10 Å². The number of anilines is 1. The number of nitrogens with zero attached hydrogens (tertiary/aromatic N) is 7. The predicted molar refractivity (Wildman–Crippen MR) is 139 cm³/mol. The van der Waals surface area contributed by atoms with Gasteiger partial charge in [-0.05, 0) is 37.6 Å². The minimum Gasteiger partial charge on any atom is -0.442 e. The Labute approximate surface area is 233 Å². The normalized spacial score (nSPS) is 28.5. The van der Waals surface area contributed by atoms with Gasteiger partial charge in [-0.25, -0.2) is 18.3 Å². The maximum absolute atomic E-state index is 15.3. The highest BCUT2D eigenvalue weighted by Crippen LogP contribution is 2.62. The fraction of sp³-hybridized carbons (Fsp3) is 0.429. The van der Waals surface area contributed by atoms with Gasteiger partial charge in [0.2, 0.25) is 5.91 Å². The molecule has 0 radical (unpaired) electrons. The Hall–Kier alpha value is -4.44. The molecule has 13 heteroatoms. The quantitative estimate of drug-likeness (QED) is 0.486. The van der Waals surface area contributed by atoms with E-state index in [-0.39, 0.29) is 53.7 Å². The highest BCUT2D eigenvalue weighted by Gasteiger charge is 2.71. The standard InChI is InChI=1S/C28H26F2N8O3/c29-21-8-17(38-12-18(41-27(38)40)11-37-7-6-34-35-37)9-22(30)25(21)16-3-4-24(33-10-16)28(15-31)19-13-36(14-20(19)28)26(39)23-2-1-5-32-23/h3-4,6-10,18-20,23,32H,1-2,5,11-14H2/t18-,19?,20?,23-,28?/m0/s1. The van der Waals surface area contributed by atoms with E-state index >= 15 is 8.78 Å². The number of likely N-dealkylation sites (tertiary alicyclic amines) is 1. The number of amides is 2. The van der Waals surface area contributed by atoms with Gasteiger partial charge in [0.05, 0.1) is 48.3 Å². The molecule has 4 aliphatic rings. The molecule has 1 saturated carbocycles. The van der Waals surface area contributed by atoms with Crippen LogP contribution in [0.2, 0.25) is 0 Å². The lowest BCUT2D eigenvalue weighted by atomic mass is 9.95. The van der Waals surface area contributed by atoms with Crippen molar-refractivity contribution in [3.8, 4) is 17.2 Å². The number of hydrogen-bond donors (Lipinski definition) is 1. The molecule has 1 aliphatic carbocycles. The number of nitrogens with one attached hydrogen (secondary N) is 1. The lowest BCUT2D eigenvalue weighted by Gasteiger charge is -2.25. The third kappa shape index (κ3) is 4.12. The van der Waals surface area contributed by atoms with Crippen LogP contribution in [0.3, 0.4) is 0 Å². The average Bonchev–Trinajstić information content (AvgIpc) is 3.65. The van der Waals surface area contributed by atoms with Crippen molar-refractivity contribution in [2.45, 2.75) is 36.9 Å². The smallest absolute Gasteiger partial charge is 0.414 e. The summed E-state index contributed by atoms with van der Waals surface area (Å²) >= 11 is 0. The van der Waals surface area contributed by atoms with E-state index in [2.05, 4.69) is 26.7 Å². The van der Waals surface area contributed by atoms with Crippen LogP contribution < -0.4 is 10.2 Å². The minimum atomic E-state index is -0.852. The largest absolute Gasteiger partial charge is 0.442 e. The van der Waals surface area contributed by atoms with E-state index in [1.807, 2.05) is 4.90 Å². The number of halogens is 2. The van der Waals surface area contributed by atoms with Gasteiger partial charge in [0.1, 0.15) is 23.2 Å². The summed E-state index contributed by atoms with van der Waals surface area (Å²) in [6.45, 7) is 2.22. The molecule has 41 heavy (non-hydrogen) atoms. The van der Waals surface area contributed by atoms with Crippen LogP contribution in [0.25, 0.3) is 11.1 Å². The molecule has 3 saturated heterocycles. The Morgan fingerprint density at radius 3 is 2.59 bits per heavy atom. The number of ether oxygens (including phenoxy) is 1. The molecule has 4 fully saturated rings. The number of cyclic esters (lactones) is 1. The Kier molecular flexibility index (Phi) is 5.97. The van der Waals surface area contributed by atoms with Crippen LogP contribution in [-0.2, 0) is 21.5 Å². The van der Waals surface area contributed by atoms with Crippen LogP contribution in [0.4, 0.5) is 19.3 Å². The molecule has 4 atom stereocenters. The molecular weight excluding hydrogens is 534 g/mol. The van der Waals surface area contributed by atoms with Crippen LogP contribution in [-0.4, -0.2) is 75.2 Å². The third-order valence-corrected chi connectivity index (χ3v) is 8.79. The van der Waals surface area contributed by atoms with Crippen molar-refractivity contribution in [3.05, 3.63) is 60.2 Å². The van der Waals surface area contributed by atoms with Gasteiger partial charge in [0.15, 0.2) is 0 Å². The first-order valence-electron chi connectivity index (χ1n) is 13.6. The predicted octanol–water partition coefficient (Wildman–Crippen LogP) is 2.25. The first kappa shape index (κ1) is 25.5. The van der Waals surface area contributed by atoms with E-state index in [4.69, 9.17) is 4.74 Å². The molecule has 2 amide bonds. The van der Waals surface area contributed by atoms with Gasteiger partial charge in [-0.2, -0.15) is 5.26 Å². The molecular formula is C28H26F2N8O3. The summed E-state index contributed by atoms with van der Waals surface area (Å²) < 4.78 is 37.4. The molecule has 1 N–H and O–H groups in total. The molecule has 0 spiro atoms. The summed E-state index contributed by atoms with van der Waals surface area (Å²) in [6.07, 6.45) is 5.06. The third-order valence-electron chi connectivity index (χ3n) is 8.79. The summed E-state index contributed by atoms with van der Waals surface area (Å²) in [4.78, 5) is 32.7. The molecule has 2 aromatic heterocycles. The molecule has 7 rings (SSSR count). The fourth-order valence-corrected chi connectivity index (χ4v) is 6.67. The highest BCUT2D eigenvalue weighted by atomic mass is 19.1. The SMILES string of the molecule is N#CC1(c2ccc(-c3c(F)cc(N4C[C@H](Cn5ccnn5)OC4=O)cc3F)cn2)C2CN(C(=O)[C@@H]3CCCN3)CC21. The van der Waals surface area contributed by atoms with Crippen molar-refractivity contribution in [2.24, 2.45) is 11.8 Å². The van der Waals surface area contributed by atoms with Crippen molar-refractivity contribution >= 4 is 17.7 Å². The molecule has 3 aromatic rings. The van der Waals surface area contributed by atoms with Gasteiger partial charge >= 0.3 is 6.09 Å². The Morgan fingerprint density at radius 1 is 1.20 bits per heavy atom. The number of pyridine rings is 1. The van der Waals surface area contributed by atoms with Crippen molar-refractivity contribution < 1.29 is 23.1 Å². The molecule has 11 nitrogen and oxygen atoms in total. The summed E-state index contributed by atoms with van der Waals surface area (Å²) in [7, 11) is 0. The van der Waals surface area contributed by atoms with Gasteiger partial charge in [-0.1, -0.05) is 11.3 Å². The van der Waals surface area contributed by atoms with E-state index in [1.54, 1.807) is 18.3 Å². The number of piperidine rings is 1. The van der Waals surface area contributed by atoms with E-state index in [0.717, 1.165) is 31.5 Å². The monoisotopic (exact) mass is 560 g/mol. The summed E-state index contributed by atoms with van der Waals surface area (Å²) in [5, 5.41) is 20.9. The number of nitriles is 1. The van der Waals surface area contributed by atoms with E-state index in [9.17, 15) is 14.9 Å². The average molecular weight is 561 g/mol. The highest BCUT2D eigenvalue weighted by molar-refractivity contribution is 5.90. The summed E-state index contributed by atoms with van der Waals surface area (Å²) in [5.74, 6) is -1.65. The molecule has 0 bridgehead atoms. The van der Waals surface area contributed by atoms with Crippen LogP contribution in [0.1, 0.15) is 18.5 Å². The first-order chi connectivity index (χ1) is 19.9.